The van der Waals surface area contributed by atoms with Crippen LogP contribution in [0.25, 0.3) is 0 Å². The molecule has 0 saturated heterocycles. The Morgan fingerprint density at radius 3 is 2.63 bits per heavy atom. The molecule has 2 atom stereocenters. The molecule has 1 N–H and O–H groups in total. The molecule has 1 aliphatic carbocycles. The molecule has 0 bridgehead atoms. The molecule has 0 aromatic heterocycles. The number of carboxylic acids is 1. The third kappa shape index (κ3) is 4.09. The van der Waals surface area contributed by atoms with Gasteiger partial charge in [0.1, 0.15) is 48.1 Å². The fourth-order valence-corrected chi connectivity index (χ4v) is 4.94. The summed E-state index contributed by atoms with van der Waals surface area (Å²) >= 11 is 0. The molecule has 0 amide bonds. The maximum absolute atomic E-state index is 14.9. The topological polar surface area (TPSA) is 83.5 Å². The van der Waals surface area contributed by atoms with Crippen LogP contribution in [0, 0.1) is 5.82 Å². The molecule has 7 nitrogen and oxygen atoms in total. The molecule has 0 saturated carbocycles. The lowest BCUT2D eigenvalue weighted by Gasteiger charge is -2.19. The van der Waals surface area contributed by atoms with Gasteiger partial charge in [0.05, 0.1) is 13.0 Å². The van der Waals surface area contributed by atoms with Gasteiger partial charge < -0.3 is 28.8 Å². The van der Waals surface area contributed by atoms with Crippen molar-refractivity contribution < 1.29 is 38.0 Å². The second-order valence-corrected chi connectivity index (χ2v) is 8.80. The van der Waals surface area contributed by atoms with Gasteiger partial charge in [-0.15, -0.1) is 0 Å². The van der Waals surface area contributed by atoms with E-state index in [9.17, 15) is 9.18 Å². The van der Waals surface area contributed by atoms with Crippen LogP contribution in [0.2, 0.25) is 0 Å². The van der Waals surface area contributed by atoms with Crippen LogP contribution in [0.1, 0.15) is 41.6 Å². The SMILES string of the molecule is O=C(O)C[C@@H]1COc2cc(O[C@@H]3CCc4c(Oc5ccc6c(c5)OCCO6)ccc(F)c43)ccc21. The standard InChI is InChI=1S/C27H23FO7/c28-20-5-8-21(34-17-2-6-22-25(13-17)32-10-9-31-22)19-4-7-23(27(19)20)35-16-1-3-18-15(11-26(29)30)14-33-24(18)12-16/h1-3,5-6,8,12-13,15,23H,4,7,9-11,14H2,(H,29,30)/t15-,23-/m1/s1. The molecular formula is C27H23FO7. The van der Waals surface area contributed by atoms with Crippen molar-refractivity contribution in [2.45, 2.75) is 31.3 Å². The van der Waals surface area contributed by atoms with Gasteiger partial charge in [-0.2, -0.15) is 0 Å². The highest BCUT2D eigenvalue weighted by Gasteiger charge is 2.32. The van der Waals surface area contributed by atoms with Gasteiger partial charge in [-0.05, 0) is 43.2 Å². The number of benzene rings is 3. The smallest absolute Gasteiger partial charge is 0.304 e. The Balaban J connectivity index is 1.22. The van der Waals surface area contributed by atoms with Gasteiger partial charge in [-0.1, -0.05) is 6.07 Å². The molecule has 3 aliphatic rings. The van der Waals surface area contributed by atoms with Gasteiger partial charge in [0.25, 0.3) is 0 Å². The third-order valence-electron chi connectivity index (χ3n) is 6.55. The van der Waals surface area contributed by atoms with E-state index in [1.807, 2.05) is 6.07 Å². The van der Waals surface area contributed by atoms with Crippen molar-refractivity contribution in [1.82, 2.24) is 0 Å². The molecule has 2 aliphatic heterocycles. The summed E-state index contributed by atoms with van der Waals surface area (Å²) < 4.78 is 44.1. The zero-order chi connectivity index (χ0) is 23.9. The highest BCUT2D eigenvalue weighted by molar-refractivity contribution is 5.69. The van der Waals surface area contributed by atoms with E-state index >= 15 is 0 Å². The lowest BCUT2D eigenvalue weighted by atomic mass is 9.98. The number of carbonyl (C=O) groups is 1. The van der Waals surface area contributed by atoms with Crippen LogP contribution in [0.3, 0.4) is 0 Å². The van der Waals surface area contributed by atoms with Crippen molar-refractivity contribution in [1.29, 1.82) is 0 Å². The van der Waals surface area contributed by atoms with Gasteiger partial charge in [-0.25, -0.2) is 4.39 Å². The normalized spacial score (nSPS) is 19.5. The van der Waals surface area contributed by atoms with Gasteiger partial charge >= 0.3 is 5.97 Å². The average molecular weight is 478 g/mol. The van der Waals surface area contributed by atoms with E-state index in [1.165, 1.54) is 6.07 Å². The molecule has 0 spiro atoms. The van der Waals surface area contributed by atoms with E-state index in [4.69, 9.17) is 28.8 Å². The monoisotopic (exact) mass is 478 g/mol. The fourth-order valence-electron chi connectivity index (χ4n) is 4.94. The van der Waals surface area contributed by atoms with Gasteiger partial charge in [0.15, 0.2) is 11.5 Å². The minimum absolute atomic E-state index is 0.0144. The van der Waals surface area contributed by atoms with Crippen molar-refractivity contribution in [3.8, 4) is 34.5 Å². The van der Waals surface area contributed by atoms with Crippen molar-refractivity contribution in [2.75, 3.05) is 19.8 Å². The van der Waals surface area contributed by atoms with Crippen molar-refractivity contribution >= 4 is 5.97 Å². The quantitative estimate of drug-likeness (QED) is 0.507. The summed E-state index contributed by atoms with van der Waals surface area (Å²) in [5.74, 6) is 2.25. The first-order valence-electron chi connectivity index (χ1n) is 11.6. The molecular weight excluding hydrogens is 455 g/mol. The summed E-state index contributed by atoms with van der Waals surface area (Å²) in [4.78, 5) is 11.1. The zero-order valence-corrected chi connectivity index (χ0v) is 18.8. The molecule has 2 heterocycles. The van der Waals surface area contributed by atoms with Crippen molar-refractivity contribution in [2.24, 2.45) is 0 Å². The summed E-state index contributed by atoms with van der Waals surface area (Å²) in [5.41, 5.74) is 2.13. The van der Waals surface area contributed by atoms with E-state index in [-0.39, 0.29) is 18.2 Å². The van der Waals surface area contributed by atoms with Gasteiger partial charge in [0.2, 0.25) is 0 Å². The molecule has 180 valence electrons. The largest absolute Gasteiger partial charge is 0.492 e. The Kier molecular flexibility index (Phi) is 5.36. The molecule has 0 unspecified atom stereocenters. The first-order valence-corrected chi connectivity index (χ1v) is 11.6. The molecule has 3 aromatic rings. The van der Waals surface area contributed by atoms with Crippen LogP contribution in [0.5, 0.6) is 34.5 Å². The average Bonchev–Trinajstić information content (AvgIpc) is 3.45. The van der Waals surface area contributed by atoms with E-state index in [1.54, 1.807) is 36.4 Å². The Morgan fingerprint density at radius 2 is 1.77 bits per heavy atom. The number of aliphatic carboxylic acids is 1. The minimum Gasteiger partial charge on any atom is -0.492 e. The number of halogens is 1. The van der Waals surface area contributed by atoms with E-state index in [0.717, 1.165) is 11.1 Å². The summed E-state index contributed by atoms with van der Waals surface area (Å²) in [6, 6.07) is 13.8. The molecule has 8 heteroatoms. The summed E-state index contributed by atoms with van der Waals surface area (Å²) in [6.07, 6.45) is 0.760. The number of fused-ring (bicyclic) bond motifs is 3. The predicted octanol–water partition coefficient (Wildman–Crippen LogP) is 5.41. The third-order valence-corrected chi connectivity index (χ3v) is 6.55. The molecule has 6 rings (SSSR count). The highest BCUT2D eigenvalue weighted by atomic mass is 19.1. The second kappa shape index (κ2) is 8.69. The second-order valence-electron chi connectivity index (χ2n) is 8.80. The number of carboxylic acid groups (broad SMARTS) is 1. The first kappa shape index (κ1) is 21.6. The number of hydrogen-bond acceptors (Lipinski definition) is 6. The molecule has 3 aromatic carbocycles. The van der Waals surface area contributed by atoms with Crippen LogP contribution in [-0.2, 0) is 11.2 Å². The maximum Gasteiger partial charge on any atom is 0.304 e. The molecule has 0 radical (unpaired) electrons. The zero-order valence-electron chi connectivity index (χ0n) is 18.8. The van der Waals surface area contributed by atoms with Gasteiger partial charge in [0, 0.05) is 34.7 Å². The van der Waals surface area contributed by atoms with Crippen LogP contribution in [0.4, 0.5) is 4.39 Å². The maximum atomic E-state index is 14.9. The van der Waals surface area contributed by atoms with E-state index in [2.05, 4.69) is 0 Å². The summed E-state index contributed by atoms with van der Waals surface area (Å²) in [6.45, 7) is 1.32. The van der Waals surface area contributed by atoms with E-state index in [0.29, 0.717) is 72.7 Å². The number of ether oxygens (including phenoxy) is 5. The van der Waals surface area contributed by atoms with Crippen LogP contribution in [0.15, 0.2) is 48.5 Å². The van der Waals surface area contributed by atoms with Crippen LogP contribution < -0.4 is 23.7 Å². The molecule has 0 fully saturated rings. The summed E-state index contributed by atoms with van der Waals surface area (Å²) in [5, 5.41) is 9.09. The lowest BCUT2D eigenvalue weighted by molar-refractivity contribution is -0.137. The van der Waals surface area contributed by atoms with Crippen LogP contribution in [-0.4, -0.2) is 30.9 Å². The minimum atomic E-state index is -0.862. The Morgan fingerprint density at radius 1 is 0.971 bits per heavy atom. The van der Waals surface area contributed by atoms with Crippen LogP contribution >= 0.6 is 0 Å². The Labute approximate surface area is 201 Å². The number of hydrogen-bond donors (Lipinski definition) is 1. The predicted molar refractivity (Wildman–Crippen MR) is 123 cm³/mol. The first-order chi connectivity index (χ1) is 17.0. The van der Waals surface area contributed by atoms with Crippen molar-refractivity contribution in [3.05, 3.63) is 71.0 Å². The van der Waals surface area contributed by atoms with Gasteiger partial charge in [-0.3, -0.25) is 4.79 Å². The molecule has 35 heavy (non-hydrogen) atoms. The Bertz CT molecular complexity index is 1300. The number of rotatable bonds is 6. The lowest BCUT2D eigenvalue weighted by Crippen LogP contribution is -2.15. The fraction of sp³-hybridized carbons (Fsp3) is 0.296. The summed E-state index contributed by atoms with van der Waals surface area (Å²) in [7, 11) is 0. The van der Waals surface area contributed by atoms with Crippen molar-refractivity contribution in [3.63, 3.8) is 0 Å². The van der Waals surface area contributed by atoms with E-state index < -0.39 is 12.1 Å². The Hall–Kier alpha value is -3.94. The highest BCUT2D eigenvalue weighted by Crippen LogP contribution is 2.45.